The number of fused-ring (bicyclic) bond motifs is 1. The maximum atomic E-state index is 13.3. The molecule has 190 valence electrons. The fourth-order valence-corrected chi connectivity index (χ4v) is 6.19. The number of ether oxygens (including phenoxy) is 1. The van der Waals surface area contributed by atoms with Crippen LogP contribution in [-0.4, -0.2) is 51.4 Å². The van der Waals surface area contributed by atoms with E-state index in [0.717, 1.165) is 38.0 Å². The zero-order valence-corrected chi connectivity index (χ0v) is 22.8. The van der Waals surface area contributed by atoms with E-state index in [4.69, 9.17) is 9.84 Å². The summed E-state index contributed by atoms with van der Waals surface area (Å²) in [4.78, 5) is 32.4. The van der Waals surface area contributed by atoms with E-state index in [0.29, 0.717) is 13.0 Å². The summed E-state index contributed by atoms with van der Waals surface area (Å²) in [6.07, 6.45) is -0.317. The zero-order valence-electron chi connectivity index (χ0n) is 20.3. The number of carbonyl (C=O) groups is 1. The molecule has 2 aliphatic heterocycles. The van der Waals surface area contributed by atoms with Crippen LogP contribution >= 0.6 is 27.3 Å². The predicted molar refractivity (Wildman–Crippen MR) is 149 cm³/mol. The second kappa shape index (κ2) is 9.59. The number of aromatic nitrogens is 2. The Balaban J connectivity index is 1.30. The van der Waals surface area contributed by atoms with Crippen molar-refractivity contribution >= 4 is 55.6 Å². The molecule has 1 fully saturated rings. The van der Waals surface area contributed by atoms with Crippen molar-refractivity contribution in [2.45, 2.75) is 38.6 Å². The lowest BCUT2D eigenvalue weighted by Gasteiger charge is -2.32. The van der Waals surface area contributed by atoms with Crippen LogP contribution in [0.3, 0.4) is 0 Å². The summed E-state index contributed by atoms with van der Waals surface area (Å²) >= 11 is 5.14. The molecule has 0 aliphatic carbocycles. The SMILES string of the molecule is CC1C([C@H]2O[C@@H](C)C(=O)N2CCc2ccc3[nH]c(=O)[nH]c3c2)C(c2ccsc2)=NN1c1ccc(Br)cc1. The third kappa shape index (κ3) is 4.43. The first-order valence-electron chi connectivity index (χ1n) is 12.2. The van der Waals surface area contributed by atoms with Crippen LogP contribution in [0.15, 0.2) is 73.7 Å². The van der Waals surface area contributed by atoms with Crippen LogP contribution in [0.1, 0.15) is 25.0 Å². The normalized spacial score (nSPS) is 23.9. The van der Waals surface area contributed by atoms with E-state index in [2.05, 4.69) is 44.3 Å². The highest BCUT2D eigenvalue weighted by atomic mass is 79.9. The van der Waals surface area contributed by atoms with Gasteiger partial charge in [-0.15, -0.1) is 0 Å². The maximum absolute atomic E-state index is 13.3. The van der Waals surface area contributed by atoms with Crippen molar-refractivity contribution in [3.63, 3.8) is 0 Å². The summed E-state index contributed by atoms with van der Waals surface area (Å²) in [7, 11) is 0. The van der Waals surface area contributed by atoms with Crippen molar-refractivity contribution < 1.29 is 9.53 Å². The Morgan fingerprint density at radius 3 is 2.59 bits per heavy atom. The number of carbonyl (C=O) groups excluding carboxylic acids is 1. The summed E-state index contributed by atoms with van der Waals surface area (Å²) in [5.41, 5.74) is 5.32. The number of anilines is 1. The predicted octanol–water partition coefficient (Wildman–Crippen LogP) is 4.73. The van der Waals surface area contributed by atoms with Crippen molar-refractivity contribution in [1.82, 2.24) is 14.9 Å². The molecule has 2 aliphatic rings. The lowest BCUT2D eigenvalue weighted by molar-refractivity contribution is -0.130. The average molecular weight is 581 g/mol. The van der Waals surface area contributed by atoms with Crippen LogP contribution in [0.25, 0.3) is 11.0 Å². The van der Waals surface area contributed by atoms with Gasteiger partial charge in [0.1, 0.15) is 12.3 Å². The van der Waals surface area contributed by atoms with Crippen molar-refractivity contribution in [2.75, 3.05) is 11.6 Å². The topological polar surface area (TPSA) is 93.8 Å². The monoisotopic (exact) mass is 579 g/mol. The van der Waals surface area contributed by atoms with Gasteiger partial charge in [0.2, 0.25) is 0 Å². The van der Waals surface area contributed by atoms with Crippen molar-refractivity contribution in [1.29, 1.82) is 0 Å². The third-order valence-corrected chi connectivity index (χ3v) is 8.37. The maximum Gasteiger partial charge on any atom is 0.323 e. The van der Waals surface area contributed by atoms with Crippen LogP contribution in [0.5, 0.6) is 0 Å². The van der Waals surface area contributed by atoms with Gasteiger partial charge in [-0.2, -0.15) is 16.4 Å². The van der Waals surface area contributed by atoms with Crippen LogP contribution in [0.4, 0.5) is 5.69 Å². The highest BCUT2D eigenvalue weighted by molar-refractivity contribution is 9.10. The van der Waals surface area contributed by atoms with Gasteiger partial charge in [-0.05, 0) is 79.1 Å². The molecule has 8 nitrogen and oxygen atoms in total. The molecule has 4 aromatic rings. The molecule has 2 unspecified atom stereocenters. The Kier molecular flexibility index (Phi) is 6.26. The number of imidazole rings is 1. The lowest BCUT2D eigenvalue weighted by Crippen LogP contribution is -2.47. The molecule has 10 heteroatoms. The number of rotatable bonds is 6. The quantitative estimate of drug-likeness (QED) is 0.345. The number of benzene rings is 2. The van der Waals surface area contributed by atoms with Gasteiger partial charge in [0.05, 0.1) is 34.4 Å². The molecule has 2 N–H and O–H groups in total. The highest BCUT2D eigenvalue weighted by Gasteiger charge is 2.49. The molecule has 0 spiro atoms. The van der Waals surface area contributed by atoms with E-state index in [-0.39, 0.29) is 23.6 Å². The molecule has 6 rings (SSSR count). The average Bonchev–Trinajstić information content (AvgIpc) is 3.65. The summed E-state index contributed by atoms with van der Waals surface area (Å²) < 4.78 is 7.35. The highest BCUT2D eigenvalue weighted by Crippen LogP contribution is 2.38. The van der Waals surface area contributed by atoms with E-state index in [1.54, 1.807) is 11.3 Å². The largest absolute Gasteiger partial charge is 0.345 e. The summed E-state index contributed by atoms with van der Waals surface area (Å²) in [6, 6.07) is 16.0. The van der Waals surface area contributed by atoms with Crippen LogP contribution < -0.4 is 10.7 Å². The summed E-state index contributed by atoms with van der Waals surface area (Å²) in [5, 5.41) is 11.2. The first-order chi connectivity index (χ1) is 17.9. The van der Waals surface area contributed by atoms with Crippen molar-refractivity contribution in [3.8, 4) is 0 Å². The number of aromatic amines is 2. The second-order valence-corrected chi connectivity index (χ2v) is 11.2. The molecular weight excluding hydrogens is 554 g/mol. The second-order valence-electron chi connectivity index (χ2n) is 9.49. The lowest BCUT2D eigenvalue weighted by atomic mass is 9.90. The number of H-pyrrole nitrogens is 2. The number of nitrogens with one attached hydrogen (secondary N) is 2. The minimum atomic E-state index is -0.522. The number of hydrogen-bond donors (Lipinski definition) is 2. The van der Waals surface area contributed by atoms with Gasteiger partial charge in [0, 0.05) is 16.6 Å². The Bertz CT molecular complexity index is 1530. The van der Waals surface area contributed by atoms with Gasteiger partial charge in [0.25, 0.3) is 5.91 Å². The molecule has 1 amide bonds. The smallest absolute Gasteiger partial charge is 0.323 e. The fourth-order valence-electron chi connectivity index (χ4n) is 5.28. The molecule has 4 heterocycles. The summed E-state index contributed by atoms with van der Waals surface area (Å²) in [6.45, 7) is 4.46. The molecule has 0 saturated carbocycles. The Labute approximate surface area is 226 Å². The summed E-state index contributed by atoms with van der Waals surface area (Å²) in [5.74, 6) is -0.143. The third-order valence-electron chi connectivity index (χ3n) is 7.16. The number of thiophene rings is 1. The van der Waals surface area contributed by atoms with Gasteiger partial charge in [-0.25, -0.2) is 4.79 Å². The van der Waals surface area contributed by atoms with Gasteiger partial charge in [-0.3, -0.25) is 9.80 Å². The molecular formula is C27H26BrN5O3S. The Morgan fingerprint density at radius 1 is 1.05 bits per heavy atom. The molecule has 4 atom stereocenters. The molecule has 2 aromatic heterocycles. The van der Waals surface area contributed by atoms with Gasteiger partial charge in [0.15, 0.2) is 0 Å². The van der Waals surface area contributed by atoms with Gasteiger partial charge < -0.3 is 19.6 Å². The van der Waals surface area contributed by atoms with Crippen LogP contribution in [0, 0.1) is 5.92 Å². The number of amides is 1. The van der Waals surface area contributed by atoms with Crippen LogP contribution in [-0.2, 0) is 16.0 Å². The molecule has 0 radical (unpaired) electrons. The van der Waals surface area contributed by atoms with E-state index in [1.165, 1.54) is 0 Å². The number of nitrogens with zero attached hydrogens (tertiary/aromatic N) is 3. The van der Waals surface area contributed by atoms with E-state index >= 15 is 0 Å². The van der Waals surface area contributed by atoms with E-state index in [9.17, 15) is 9.59 Å². The molecule has 0 bridgehead atoms. The Hall–Kier alpha value is -3.21. The molecule has 2 aromatic carbocycles. The minimum Gasteiger partial charge on any atom is -0.345 e. The van der Waals surface area contributed by atoms with Gasteiger partial charge in [-0.1, -0.05) is 22.0 Å². The number of hydrogen-bond acceptors (Lipinski definition) is 6. The first kappa shape index (κ1) is 24.1. The molecule has 37 heavy (non-hydrogen) atoms. The Morgan fingerprint density at radius 2 is 1.84 bits per heavy atom. The first-order valence-corrected chi connectivity index (χ1v) is 14.0. The molecule has 1 saturated heterocycles. The fraction of sp³-hybridized carbons (Fsp3) is 0.296. The van der Waals surface area contributed by atoms with E-state index < -0.39 is 12.3 Å². The van der Waals surface area contributed by atoms with Crippen molar-refractivity contribution in [3.05, 3.63) is 85.4 Å². The standard InChI is InChI=1S/C27H26BrN5O3S/c1-15-23(24(18-10-12-37-14-18)31-33(15)20-6-4-19(28)5-7-20)26-32(25(34)16(2)36-26)11-9-17-3-8-21-22(13-17)30-27(35)29-21/h3-8,10,12-16,23,26H,9,11H2,1-2H3,(H2,29,30,35)/t15?,16-,23?,26+/m0/s1. The number of hydrazone groups is 1. The van der Waals surface area contributed by atoms with E-state index in [1.807, 2.05) is 64.7 Å². The van der Waals surface area contributed by atoms with Crippen LogP contribution in [0.2, 0.25) is 0 Å². The van der Waals surface area contributed by atoms with Gasteiger partial charge >= 0.3 is 5.69 Å². The number of halogens is 1. The van der Waals surface area contributed by atoms with Crippen molar-refractivity contribution in [2.24, 2.45) is 11.0 Å². The minimum absolute atomic E-state index is 0.0138. The zero-order chi connectivity index (χ0) is 25.7.